The van der Waals surface area contributed by atoms with E-state index in [2.05, 4.69) is 12.1 Å². The molecule has 0 aliphatic rings. The summed E-state index contributed by atoms with van der Waals surface area (Å²) in [6.45, 7) is 2.48. The lowest BCUT2D eigenvalue weighted by Gasteiger charge is -2.11. The van der Waals surface area contributed by atoms with Crippen LogP contribution in [0.5, 0.6) is 5.88 Å². The van der Waals surface area contributed by atoms with Gasteiger partial charge in [-0.25, -0.2) is 0 Å². The first-order valence-corrected chi connectivity index (χ1v) is 11.0. The molecule has 0 aliphatic carbocycles. The molecule has 0 spiro atoms. The maximum absolute atomic E-state index is 9.05. The van der Waals surface area contributed by atoms with Gasteiger partial charge in [-0.2, -0.15) is 0 Å². The number of rotatable bonds is 19. The molecule has 5 heteroatoms. The predicted molar refractivity (Wildman–Crippen MR) is 109 cm³/mol. The van der Waals surface area contributed by atoms with E-state index in [9.17, 15) is 0 Å². The van der Waals surface area contributed by atoms with Gasteiger partial charge in [0.1, 0.15) is 18.5 Å². The zero-order chi connectivity index (χ0) is 19.6. The van der Waals surface area contributed by atoms with Crippen LogP contribution in [0.2, 0.25) is 0 Å². The molecule has 1 heterocycles. The van der Waals surface area contributed by atoms with Gasteiger partial charge in [-0.3, -0.25) is 0 Å². The van der Waals surface area contributed by atoms with E-state index in [0.717, 1.165) is 18.6 Å². The molecule has 158 valence electrons. The van der Waals surface area contributed by atoms with Crippen molar-refractivity contribution in [3.05, 3.63) is 11.8 Å². The average molecular weight is 384 g/mol. The van der Waals surface area contributed by atoms with Gasteiger partial charge in [0.15, 0.2) is 0 Å². The monoisotopic (exact) mass is 383 g/mol. The molecule has 0 bridgehead atoms. The second-order valence-electron chi connectivity index (χ2n) is 7.48. The molecule has 1 aromatic heterocycles. The zero-order valence-corrected chi connectivity index (χ0v) is 17.6. The van der Waals surface area contributed by atoms with Crippen LogP contribution in [0.1, 0.15) is 96.2 Å². The first-order chi connectivity index (χ1) is 13.3. The quantitative estimate of drug-likeness (QED) is 0.311. The van der Waals surface area contributed by atoms with Crippen molar-refractivity contribution >= 4 is 0 Å². The van der Waals surface area contributed by atoms with E-state index in [0.29, 0.717) is 5.88 Å². The van der Waals surface area contributed by atoms with E-state index in [1.807, 2.05) is 6.07 Å². The van der Waals surface area contributed by atoms with Gasteiger partial charge in [0.25, 0.3) is 5.88 Å². The fourth-order valence-electron chi connectivity index (χ4n) is 3.17. The number of methoxy groups -OCH3 is 1. The van der Waals surface area contributed by atoms with Crippen LogP contribution in [0, 0.1) is 0 Å². The minimum absolute atomic E-state index is 0.0693. The van der Waals surface area contributed by atoms with E-state index in [1.54, 1.807) is 7.11 Å². The van der Waals surface area contributed by atoms with Gasteiger partial charge in [-0.05, 0) is 11.6 Å². The topological polar surface area (TPSA) is 64.7 Å². The van der Waals surface area contributed by atoms with Crippen LogP contribution in [0.15, 0.2) is 10.6 Å². The lowest BCUT2D eigenvalue weighted by Crippen LogP contribution is -2.24. The fraction of sp³-hybridized carbons (Fsp3) is 0.864. The van der Waals surface area contributed by atoms with Crippen LogP contribution in [0.3, 0.4) is 0 Å². The number of ether oxygens (including phenoxy) is 2. The molecule has 1 N–H and O–H groups in total. The maximum atomic E-state index is 9.05. The van der Waals surface area contributed by atoms with Crippen LogP contribution < -0.4 is 4.74 Å². The second kappa shape index (κ2) is 17.1. The Morgan fingerprint density at radius 2 is 1.48 bits per heavy atom. The molecule has 1 aromatic rings. The van der Waals surface area contributed by atoms with Crippen molar-refractivity contribution in [2.45, 2.75) is 103 Å². The van der Waals surface area contributed by atoms with Crippen molar-refractivity contribution in [3.8, 4) is 5.88 Å². The zero-order valence-electron chi connectivity index (χ0n) is 17.6. The largest absolute Gasteiger partial charge is 0.473 e. The van der Waals surface area contributed by atoms with Crippen LogP contribution in [-0.2, 0) is 11.2 Å². The third kappa shape index (κ3) is 12.9. The molecule has 0 aliphatic heterocycles. The summed E-state index contributed by atoms with van der Waals surface area (Å²) < 4.78 is 15.8. The van der Waals surface area contributed by atoms with Crippen molar-refractivity contribution in [1.82, 2.24) is 5.16 Å². The Morgan fingerprint density at radius 3 is 2.00 bits per heavy atom. The molecular weight excluding hydrogens is 342 g/mol. The Balaban J connectivity index is 1.91. The highest BCUT2D eigenvalue weighted by Crippen LogP contribution is 2.16. The summed E-state index contributed by atoms with van der Waals surface area (Å²) in [5, 5.41) is 12.9. The third-order valence-corrected chi connectivity index (χ3v) is 5.02. The van der Waals surface area contributed by atoms with Gasteiger partial charge in [0, 0.05) is 19.6 Å². The second-order valence-corrected chi connectivity index (χ2v) is 7.48. The van der Waals surface area contributed by atoms with Crippen LogP contribution >= 0.6 is 0 Å². The summed E-state index contributed by atoms with van der Waals surface area (Å²) in [7, 11) is 1.55. The Hall–Kier alpha value is -1.07. The van der Waals surface area contributed by atoms with Gasteiger partial charge in [0.05, 0.1) is 6.61 Å². The average Bonchev–Trinajstić information content (AvgIpc) is 3.14. The first-order valence-electron chi connectivity index (χ1n) is 11.0. The number of aryl methyl sites for hydroxylation is 1. The van der Waals surface area contributed by atoms with Gasteiger partial charge in [-0.15, -0.1) is 0 Å². The summed E-state index contributed by atoms with van der Waals surface area (Å²) in [6.07, 6.45) is 18.2. The van der Waals surface area contributed by atoms with E-state index in [1.165, 1.54) is 77.0 Å². The van der Waals surface area contributed by atoms with Crippen molar-refractivity contribution in [1.29, 1.82) is 0 Å². The van der Waals surface area contributed by atoms with Gasteiger partial charge >= 0.3 is 0 Å². The number of nitrogens with zero attached hydrogens (tertiary/aromatic N) is 1. The number of hydrogen-bond acceptors (Lipinski definition) is 5. The molecule has 1 atom stereocenters. The Bertz CT molecular complexity index is 432. The summed E-state index contributed by atoms with van der Waals surface area (Å²) in [5.41, 5.74) is 0. The SMILES string of the molecule is CCCCCCCCCCCCCCCc1cc(OCC(CO)OC)no1. The Labute approximate surface area is 165 Å². The molecule has 0 saturated heterocycles. The fourth-order valence-corrected chi connectivity index (χ4v) is 3.17. The van der Waals surface area contributed by atoms with Crippen LogP contribution in [-0.4, -0.2) is 36.7 Å². The van der Waals surface area contributed by atoms with E-state index >= 15 is 0 Å². The molecule has 1 rings (SSSR count). The highest BCUT2D eigenvalue weighted by atomic mass is 16.6. The Kier molecular flexibility index (Phi) is 15.1. The van der Waals surface area contributed by atoms with Crippen molar-refractivity contribution in [2.75, 3.05) is 20.3 Å². The number of aromatic nitrogens is 1. The van der Waals surface area contributed by atoms with Crippen molar-refractivity contribution < 1.29 is 19.1 Å². The van der Waals surface area contributed by atoms with E-state index < -0.39 is 0 Å². The van der Waals surface area contributed by atoms with Gasteiger partial charge < -0.3 is 19.1 Å². The summed E-state index contributed by atoms with van der Waals surface area (Å²) in [5.74, 6) is 1.33. The van der Waals surface area contributed by atoms with E-state index in [4.69, 9.17) is 19.1 Å². The number of hydrogen-bond donors (Lipinski definition) is 1. The number of aliphatic hydroxyl groups is 1. The molecule has 0 radical (unpaired) electrons. The highest BCUT2D eigenvalue weighted by molar-refractivity contribution is 5.11. The van der Waals surface area contributed by atoms with Crippen molar-refractivity contribution in [2.24, 2.45) is 0 Å². The minimum Gasteiger partial charge on any atom is -0.473 e. The lowest BCUT2D eigenvalue weighted by atomic mass is 10.0. The molecule has 0 amide bonds. The first kappa shape index (κ1) is 24.0. The van der Waals surface area contributed by atoms with Gasteiger partial charge in [-0.1, -0.05) is 84.0 Å². The molecular formula is C22H41NO4. The number of aliphatic hydroxyl groups excluding tert-OH is 1. The summed E-state index contributed by atoms with van der Waals surface area (Å²) >= 11 is 0. The number of unbranched alkanes of at least 4 members (excludes halogenated alkanes) is 12. The minimum atomic E-state index is -0.328. The Morgan fingerprint density at radius 1 is 0.926 bits per heavy atom. The predicted octanol–water partition coefficient (Wildman–Crippen LogP) is 5.69. The molecule has 0 fully saturated rings. The standard InChI is InChI=1S/C22H41NO4/c1-3-4-5-6-7-8-9-10-11-12-13-14-15-16-20-17-22(23-27-20)26-19-21(18-24)25-2/h17,21,24H,3-16,18-19H2,1-2H3. The third-order valence-electron chi connectivity index (χ3n) is 5.02. The summed E-state index contributed by atoms with van der Waals surface area (Å²) in [4.78, 5) is 0. The smallest absolute Gasteiger partial charge is 0.254 e. The molecule has 0 saturated carbocycles. The molecule has 1 unspecified atom stereocenters. The van der Waals surface area contributed by atoms with Crippen LogP contribution in [0.4, 0.5) is 0 Å². The highest BCUT2D eigenvalue weighted by Gasteiger charge is 2.09. The molecule has 27 heavy (non-hydrogen) atoms. The summed E-state index contributed by atoms with van der Waals surface area (Å²) in [6, 6.07) is 1.84. The van der Waals surface area contributed by atoms with Gasteiger partial charge in [0.2, 0.25) is 0 Å². The molecule has 0 aromatic carbocycles. The van der Waals surface area contributed by atoms with E-state index in [-0.39, 0.29) is 19.3 Å². The van der Waals surface area contributed by atoms with Crippen LogP contribution in [0.25, 0.3) is 0 Å². The maximum Gasteiger partial charge on any atom is 0.254 e. The normalized spacial score (nSPS) is 12.4. The lowest BCUT2D eigenvalue weighted by molar-refractivity contribution is 0.0145. The van der Waals surface area contributed by atoms with Crippen molar-refractivity contribution in [3.63, 3.8) is 0 Å². The molecule has 5 nitrogen and oxygen atoms in total.